The first-order valence-corrected chi connectivity index (χ1v) is 5.82. The first kappa shape index (κ1) is 15.5. The maximum Gasteiger partial charge on any atom is 0.417 e. The van der Waals surface area contributed by atoms with Crippen molar-refractivity contribution >= 4 is 27.7 Å². The number of hydrogen-bond acceptors (Lipinski definition) is 3. The summed E-state index contributed by atoms with van der Waals surface area (Å²) >= 11 is 2.85. The van der Waals surface area contributed by atoms with Gasteiger partial charge in [-0.05, 0) is 18.3 Å². The minimum Gasteiger partial charge on any atom is -0.383 e. The maximum absolute atomic E-state index is 12.9. The molecule has 0 N–H and O–H groups in total. The van der Waals surface area contributed by atoms with Crippen molar-refractivity contribution < 1.29 is 18.1 Å². The largest absolute Gasteiger partial charge is 0.417 e. The summed E-state index contributed by atoms with van der Waals surface area (Å²) in [6.45, 7) is 0. The van der Waals surface area contributed by atoms with Gasteiger partial charge in [-0.3, -0.25) is 10.1 Å². The Balaban J connectivity index is 3.57. The number of halogens is 4. The van der Waals surface area contributed by atoms with Crippen LogP contribution in [-0.2, 0) is 6.18 Å². The molecule has 0 atom stereocenters. The summed E-state index contributed by atoms with van der Waals surface area (Å²) in [5.74, 6) is 0. The highest BCUT2D eigenvalue weighted by atomic mass is 79.9. The lowest BCUT2D eigenvalue weighted by Crippen LogP contribution is -2.10. The molecule has 0 aliphatic carbocycles. The fraction of sp³-hybridized carbons (Fsp3) is 0.273. The van der Waals surface area contributed by atoms with E-state index >= 15 is 0 Å². The third kappa shape index (κ3) is 3.95. The van der Waals surface area contributed by atoms with E-state index in [-0.39, 0.29) is 4.47 Å². The molecule has 0 fully saturated rings. The number of rotatable bonds is 3. The van der Waals surface area contributed by atoms with Gasteiger partial charge in [0.15, 0.2) is 0 Å². The van der Waals surface area contributed by atoms with Crippen LogP contribution in [0.2, 0.25) is 0 Å². The molecule has 0 amide bonds. The second kappa shape index (κ2) is 5.60. The van der Waals surface area contributed by atoms with Crippen molar-refractivity contribution in [3.63, 3.8) is 0 Å². The first-order chi connectivity index (χ1) is 8.62. The molecule has 8 heteroatoms. The van der Waals surface area contributed by atoms with Gasteiger partial charge in [-0.1, -0.05) is 15.9 Å². The second-order valence-corrected chi connectivity index (χ2v) is 4.84. The van der Waals surface area contributed by atoms with Crippen molar-refractivity contribution in [1.29, 1.82) is 0 Å². The summed E-state index contributed by atoms with van der Waals surface area (Å²) in [7, 11) is 3.21. The molecular weight excluding hydrogens is 329 g/mol. The van der Waals surface area contributed by atoms with E-state index < -0.39 is 27.9 Å². The van der Waals surface area contributed by atoms with Crippen molar-refractivity contribution in [2.75, 3.05) is 14.1 Å². The average molecular weight is 339 g/mol. The average Bonchev–Trinajstić information content (AvgIpc) is 2.24. The number of nitrogens with zero attached hydrogens (tertiary/aromatic N) is 2. The van der Waals surface area contributed by atoms with Crippen LogP contribution in [0.15, 0.2) is 22.8 Å². The highest BCUT2D eigenvalue weighted by Gasteiger charge is 2.36. The Kier molecular flexibility index (Phi) is 4.56. The highest BCUT2D eigenvalue weighted by molar-refractivity contribution is 9.10. The van der Waals surface area contributed by atoms with Gasteiger partial charge in [-0.25, -0.2) is 0 Å². The Morgan fingerprint density at radius 3 is 2.37 bits per heavy atom. The zero-order valence-corrected chi connectivity index (χ0v) is 11.6. The second-order valence-electron chi connectivity index (χ2n) is 3.92. The number of hydrogen-bond donors (Lipinski definition) is 0. The molecule has 4 nitrogen and oxygen atoms in total. The highest BCUT2D eigenvalue weighted by Crippen LogP contribution is 2.39. The van der Waals surface area contributed by atoms with Crippen molar-refractivity contribution in [2.45, 2.75) is 6.18 Å². The van der Waals surface area contributed by atoms with Crippen LogP contribution in [0.25, 0.3) is 6.08 Å². The topological polar surface area (TPSA) is 46.4 Å². The van der Waals surface area contributed by atoms with Crippen LogP contribution in [0.3, 0.4) is 0 Å². The standard InChI is InChI=1S/C11H10BrF3N2O2/c1-16(2)4-3-8-9(11(13,14)15)5-7(12)6-10(8)17(18)19/h3-6H,1-2H3/b4-3+. The van der Waals surface area contributed by atoms with E-state index in [1.807, 2.05) is 0 Å². The summed E-state index contributed by atoms with van der Waals surface area (Å²) in [5, 5.41) is 10.9. The molecule has 0 spiro atoms. The van der Waals surface area contributed by atoms with E-state index in [0.29, 0.717) is 0 Å². The van der Waals surface area contributed by atoms with Crippen molar-refractivity contribution in [2.24, 2.45) is 0 Å². The van der Waals surface area contributed by atoms with Crippen LogP contribution >= 0.6 is 15.9 Å². The van der Waals surface area contributed by atoms with Gasteiger partial charge in [-0.15, -0.1) is 0 Å². The molecule has 0 saturated heterocycles. The van der Waals surface area contributed by atoms with Gasteiger partial charge in [0.2, 0.25) is 0 Å². The Morgan fingerprint density at radius 1 is 1.37 bits per heavy atom. The normalized spacial score (nSPS) is 11.9. The van der Waals surface area contributed by atoms with Gasteiger partial charge in [0.05, 0.1) is 16.1 Å². The van der Waals surface area contributed by atoms with E-state index in [4.69, 9.17) is 0 Å². The van der Waals surface area contributed by atoms with E-state index in [0.717, 1.165) is 18.2 Å². The third-order valence-electron chi connectivity index (χ3n) is 2.16. The number of nitro groups is 1. The van der Waals surface area contributed by atoms with Crippen molar-refractivity contribution in [3.8, 4) is 0 Å². The summed E-state index contributed by atoms with van der Waals surface area (Å²) < 4.78 is 38.7. The zero-order valence-electron chi connectivity index (χ0n) is 10.0. The monoisotopic (exact) mass is 338 g/mol. The van der Waals surface area contributed by atoms with Crippen LogP contribution in [0.1, 0.15) is 11.1 Å². The summed E-state index contributed by atoms with van der Waals surface area (Å²) in [6, 6.07) is 1.87. The van der Waals surface area contributed by atoms with Gasteiger partial charge < -0.3 is 4.90 Å². The van der Waals surface area contributed by atoms with E-state index in [9.17, 15) is 23.3 Å². The minimum atomic E-state index is -4.67. The fourth-order valence-corrected chi connectivity index (χ4v) is 1.83. The van der Waals surface area contributed by atoms with Gasteiger partial charge in [0.1, 0.15) is 0 Å². The van der Waals surface area contributed by atoms with Gasteiger partial charge >= 0.3 is 6.18 Å². The van der Waals surface area contributed by atoms with Crippen LogP contribution in [0.5, 0.6) is 0 Å². The number of nitro benzene ring substituents is 1. The maximum atomic E-state index is 12.9. The molecular formula is C11H10BrF3N2O2. The van der Waals surface area contributed by atoms with Crippen molar-refractivity contribution in [1.82, 2.24) is 4.90 Å². The smallest absolute Gasteiger partial charge is 0.383 e. The lowest BCUT2D eigenvalue weighted by atomic mass is 10.0. The quantitative estimate of drug-likeness (QED) is 0.620. The predicted octanol–water partition coefficient (Wildman–Crippen LogP) is 3.91. The molecule has 19 heavy (non-hydrogen) atoms. The zero-order chi connectivity index (χ0) is 14.8. The van der Waals surface area contributed by atoms with Gasteiger partial charge in [0, 0.05) is 24.6 Å². The van der Waals surface area contributed by atoms with Crippen LogP contribution < -0.4 is 0 Å². The van der Waals surface area contributed by atoms with E-state index in [2.05, 4.69) is 15.9 Å². The molecule has 104 valence electrons. The minimum absolute atomic E-state index is 0.00790. The molecule has 0 aromatic heterocycles. The molecule has 1 aromatic carbocycles. The van der Waals surface area contributed by atoms with E-state index in [1.54, 1.807) is 14.1 Å². The Morgan fingerprint density at radius 2 is 1.95 bits per heavy atom. The van der Waals surface area contributed by atoms with Crippen LogP contribution in [0, 0.1) is 10.1 Å². The fourth-order valence-electron chi connectivity index (χ4n) is 1.39. The Bertz CT molecular complexity index is 527. The summed E-state index contributed by atoms with van der Waals surface area (Å²) in [4.78, 5) is 11.5. The lowest BCUT2D eigenvalue weighted by Gasteiger charge is -2.12. The third-order valence-corrected chi connectivity index (χ3v) is 2.62. The summed E-state index contributed by atoms with van der Waals surface area (Å²) in [6.07, 6.45) is -2.26. The molecule has 0 radical (unpaired) electrons. The molecule has 0 unspecified atom stereocenters. The molecule has 0 aliphatic rings. The molecule has 1 rings (SSSR count). The van der Waals surface area contributed by atoms with Crippen LogP contribution in [-0.4, -0.2) is 23.9 Å². The van der Waals surface area contributed by atoms with Crippen molar-refractivity contribution in [3.05, 3.63) is 44.0 Å². The van der Waals surface area contributed by atoms with E-state index in [1.165, 1.54) is 11.1 Å². The Labute approximate surface area is 115 Å². The first-order valence-electron chi connectivity index (χ1n) is 5.02. The molecule has 0 aliphatic heterocycles. The molecule has 0 saturated carbocycles. The molecule has 0 bridgehead atoms. The number of benzene rings is 1. The lowest BCUT2D eigenvalue weighted by molar-refractivity contribution is -0.385. The van der Waals surface area contributed by atoms with Gasteiger partial charge in [0.25, 0.3) is 5.69 Å². The van der Waals surface area contributed by atoms with Gasteiger partial charge in [-0.2, -0.15) is 13.2 Å². The number of alkyl halides is 3. The molecule has 0 heterocycles. The summed E-state index contributed by atoms with van der Waals surface area (Å²) in [5.41, 5.74) is -2.11. The van der Waals surface area contributed by atoms with Crippen LogP contribution in [0.4, 0.5) is 18.9 Å². The SMILES string of the molecule is CN(C)/C=C/c1c([N+](=O)[O-])cc(Br)cc1C(F)(F)F. The Hall–Kier alpha value is -1.57. The predicted molar refractivity (Wildman–Crippen MR) is 68.5 cm³/mol. The molecule has 1 aromatic rings.